The SMILES string of the molecule is COC(=O)c1nnc(-c2ccc3c(c2)CCO3)o1. The fourth-order valence-electron chi connectivity index (χ4n) is 1.83. The fourth-order valence-corrected chi connectivity index (χ4v) is 1.83. The summed E-state index contributed by atoms with van der Waals surface area (Å²) in [5.74, 6) is 0.388. The summed E-state index contributed by atoms with van der Waals surface area (Å²) in [5.41, 5.74) is 1.87. The van der Waals surface area contributed by atoms with Crippen LogP contribution in [0.2, 0.25) is 0 Å². The van der Waals surface area contributed by atoms with E-state index in [2.05, 4.69) is 14.9 Å². The average Bonchev–Trinajstić information content (AvgIpc) is 3.05. The predicted octanol–water partition coefficient (Wildman–Crippen LogP) is 1.46. The van der Waals surface area contributed by atoms with E-state index in [0.717, 1.165) is 23.3 Å². The van der Waals surface area contributed by atoms with Crippen LogP contribution in [0.1, 0.15) is 16.2 Å². The zero-order chi connectivity index (χ0) is 12.5. The lowest BCUT2D eigenvalue weighted by atomic mass is 10.1. The summed E-state index contributed by atoms with van der Waals surface area (Å²) in [4.78, 5) is 11.2. The Morgan fingerprint density at radius 1 is 1.39 bits per heavy atom. The number of carbonyl (C=O) groups excluding carboxylic acids is 1. The van der Waals surface area contributed by atoms with E-state index in [1.54, 1.807) is 0 Å². The van der Waals surface area contributed by atoms with E-state index >= 15 is 0 Å². The highest BCUT2D eigenvalue weighted by Crippen LogP contribution is 2.29. The number of rotatable bonds is 2. The van der Waals surface area contributed by atoms with Crippen LogP contribution in [0.5, 0.6) is 5.75 Å². The Hall–Kier alpha value is -2.37. The first-order chi connectivity index (χ1) is 8.78. The molecule has 0 atom stereocenters. The van der Waals surface area contributed by atoms with E-state index in [1.165, 1.54) is 7.11 Å². The van der Waals surface area contributed by atoms with Gasteiger partial charge < -0.3 is 13.9 Å². The van der Waals surface area contributed by atoms with E-state index in [9.17, 15) is 4.79 Å². The van der Waals surface area contributed by atoms with E-state index in [4.69, 9.17) is 9.15 Å². The van der Waals surface area contributed by atoms with Crippen LogP contribution in [0.3, 0.4) is 0 Å². The van der Waals surface area contributed by atoms with Crippen LogP contribution in [0.15, 0.2) is 22.6 Å². The van der Waals surface area contributed by atoms with Crippen LogP contribution in [0, 0.1) is 0 Å². The quantitative estimate of drug-likeness (QED) is 0.747. The molecule has 1 aromatic heterocycles. The first-order valence-electron chi connectivity index (χ1n) is 5.46. The Bertz CT molecular complexity index is 606. The third-order valence-corrected chi connectivity index (χ3v) is 2.72. The Kier molecular flexibility index (Phi) is 2.47. The lowest BCUT2D eigenvalue weighted by Gasteiger charge is -1.99. The maximum absolute atomic E-state index is 11.2. The van der Waals surface area contributed by atoms with Crippen molar-refractivity contribution in [2.45, 2.75) is 6.42 Å². The van der Waals surface area contributed by atoms with Gasteiger partial charge in [0.15, 0.2) is 0 Å². The molecule has 2 heterocycles. The summed E-state index contributed by atoms with van der Waals surface area (Å²) >= 11 is 0. The highest BCUT2D eigenvalue weighted by Gasteiger charge is 2.18. The molecule has 0 saturated heterocycles. The summed E-state index contributed by atoms with van der Waals surface area (Å²) in [7, 11) is 1.26. The van der Waals surface area contributed by atoms with Crippen LogP contribution < -0.4 is 4.74 Å². The first kappa shape index (κ1) is 10.8. The van der Waals surface area contributed by atoms with Gasteiger partial charge in [0, 0.05) is 12.0 Å². The Labute approximate surface area is 103 Å². The van der Waals surface area contributed by atoms with Crippen LogP contribution >= 0.6 is 0 Å². The van der Waals surface area contributed by atoms with Crippen molar-refractivity contribution in [1.82, 2.24) is 10.2 Å². The molecule has 0 amide bonds. The molecule has 3 rings (SSSR count). The molecule has 6 nitrogen and oxygen atoms in total. The number of nitrogens with zero attached hydrogens (tertiary/aromatic N) is 2. The zero-order valence-corrected chi connectivity index (χ0v) is 9.67. The highest BCUT2D eigenvalue weighted by atomic mass is 16.5. The normalized spacial score (nSPS) is 12.9. The second-order valence-corrected chi connectivity index (χ2v) is 3.82. The number of methoxy groups -OCH3 is 1. The molecule has 0 spiro atoms. The number of esters is 1. The molecule has 0 N–H and O–H groups in total. The van der Waals surface area contributed by atoms with Gasteiger partial charge in [-0.05, 0) is 23.8 Å². The molecule has 0 fully saturated rings. The van der Waals surface area contributed by atoms with E-state index in [0.29, 0.717) is 12.5 Å². The fraction of sp³-hybridized carbons (Fsp3) is 0.250. The minimum atomic E-state index is -0.641. The zero-order valence-electron chi connectivity index (χ0n) is 9.67. The number of carbonyl (C=O) groups is 1. The van der Waals surface area contributed by atoms with Crippen LogP contribution in [-0.2, 0) is 11.2 Å². The number of ether oxygens (including phenoxy) is 2. The molecular weight excluding hydrogens is 236 g/mol. The third kappa shape index (κ3) is 1.71. The second kappa shape index (κ2) is 4.14. The number of aromatic nitrogens is 2. The maximum Gasteiger partial charge on any atom is 0.396 e. The number of benzene rings is 1. The van der Waals surface area contributed by atoms with Gasteiger partial charge in [-0.15, -0.1) is 10.2 Å². The lowest BCUT2D eigenvalue weighted by Crippen LogP contribution is -2.00. The van der Waals surface area contributed by atoms with Crippen molar-refractivity contribution in [2.24, 2.45) is 0 Å². The average molecular weight is 246 g/mol. The molecule has 0 saturated carbocycles. The second-order valence-electron chi connectivity index (χ2n) is 3.82. The third-order valence-electron chi connectivity index (χ3n) is 2.72. The number of hydrogen-bond acceptors (Lipinski definition) is 6. The minimum Gasteiger partial charge on any atom is -0.493 e. The highest BCUT2D eigenvalue weighted by molar-refractivity contribution is 5.84. The van der Waals surface area contributed by atoms with Crippen LogP contribution in [-0.4, -0.2) is 29.9 Å². The summed E-state index contributed by atoms with van der Waals surface area (Å²) in [6, 6.07) is 5.61. The van der Waals surface area contributed by atoms with E-state index < -0.39 is 5.97 Å². The van der Waals surface area contributed by atoms with Crippen molar-refractivity contribution >= 4 is 5.97 Å². The standard InChI is InChI=1S/C12H10N2O4/c1-16-12(15)11-14-13-10(18-11)8-2-3-9-7(6-8)4-5-17-9/h2-3,6H,4-5H2,1H3. The summed E-state index contributed by atoms with van der Waals surface area (Å²) in [5, 5.41) is 7.46. The monoisotopic (exact) mass is 246 g/mol. The molecule has 18 heavy (non-hydrogen) atoms. The van der Waals surface area contributed by atoms with Crippen LogP contribution in [0.25, 0.3) is 11.5 Å². The Morgan fingerprint density at radius 3 is 3.11 bits per heavy atom. The summed E-state index contributed by atoms with van der Waals surface area (Å²) < 4.78 is 15.2. The topological polar surface area (TPSA) is 74.5 Å². The molecule has 0 aliphatic carbocycles. The van der Waals surface area contributed by atoms with Crippen molar-refractivity contribution < 1.29 is 18.7 Å². The molecule has 6 heteroatoms. The Balaban J connectivity index is 1.95. The van der Waals surface area contributed by atoms with Crippen molar-refractivity contribution in [3.8, 4) is 17.2 Å². The Morgan fingerprint density at radius 2 is 2.28 bits per heavy atom. The van der Waals surface area contributed by atoms with E-state index in [1.807, 2.05) is 18.2 Å². The van der Waals surface area contributed by atoms with Gasteiger partial charge >= 0.3 is 11.9 Å². The predicted molar refractivity (Wildman–Crippen MR) is 60.3 cm³/mol. The molecular formula is C12H10N2O4. The van der Waals surface area contributed by atoms with Gasteiger partial charge in [-0.1, -0.05) is 0 Å². The van der Waals surface area contributed by atoms with Crippen molar-refractivity contribution in [3.05, 3.63) is 29.7 Å². The van der Waals surface area contributed by atoms with Crippen molar-refractivity contribution in [3.63, 3.8) is 0 Å². The van der Waals surface area contributed by atoms with Gasteiger partial charge in [-0.2, -0.15) is 0 Å². The largest absolute Gasteiger partial charge is 0.493 e. The van der Waals surface area contributed by atoms with Crippen molar-refractivity contribution in [1.29, 1.82) is 0 Å². The minimum absolute atomic E-state index is 0.149. The molecule has 0 radical (unpaired) electrons. The van der Waals surface area contributed by atoms with Crippen molar-refractivity contribution in [2.75, 3.05) is 13.7 Å². The molecule has 0 bridgehead atoms. The van der Waals surface area contributed by atoms with Gasteiger partial charge in [0.2, 0.25) is 5.89 Å². The number of fused-ring (bicyclic) bond motifs is 1. The van der Waals surface area contributed by atoms with Crippen LogP contribution in [0.4, 0.5) is 0 Å². The molecule has 1 aromatic carbocycles. The van der Waals surface area contributed by atoms with Gasteiger partial charge in [-0.25, -0.2) is 4.79 Å². The number of hydrogen-bond donors (Lipinski definition) is 0. The molecule has 92 valence electrons. The lowest BCUT2D eigenvalue weighted by molar-refractivity contribution is 0.0556. The van der Waals surface area contributed by atoms with E-state index in [-0.39, 0.29) is 5.89 Å². The van der Waals surface area contributed by atoms with Gasteiger partial charge in [0.1, 0.15) is 5.75 Å². The maximum atomic E-state index is 11.2. The molecule has 1 aliphatic heterocycles. The molecule has 0 unspecified atom stereocenters. The van der Waals surface area contributed by atoms with Gasteiger partial charge in [-0.3, -0.25) is 0 Å². The molecule has 1 aliphatic rings. The smallest absolute Gasteiger partial charge is 0.396 e. The first-order valence-corrected chi connectivity index (χ1v) is 5.46. The molecule has 2 aromatic rings. The summed E-state index contributed by atoms with van der Waals surface area (Å²) in [6.07, 6.45) is 0.862. The van der Waals surface area contributed by atoms with Gasteiger partial charge in [0.05, 0.1) is 13.7 Å². The summed E-state index contributed by atoms with van der Waals surface area (Å²) in [6.45, 7) is 0.691. The van der Waals surface area contributed by atoms with Gasteiger partial charge in [0.25, 0.3) is 0 Å².